The fourth-order valence-electron chi connectivity index (χ4n) is 3.00. The lowest BCUT2D eigenvalue weighted by Gasteiger charge is -2.28. The number of hydrogen-bond donors (Lipinski definition) is 0. The van der Waals surface area contributed by atoms with Crippen LogP contribution in [0.15, 0.2) is 0 Å². The maximum atomic E-state index is 2.46. The van der Waals surface area contributed by atoms with Crippen molar-refractivity contribution in [1.29, 1.82) is 0 Å². The Balaban J connectivity index is 1.83. The van der Waals surface area contributed by atoms with Gasteiger partial charge in [-0.05, 0) is 30.9 Å². The van der Waals surface area contributed by atoms with E-state index < -0.39 is 0 Å². The van der Waals surface area contributed by atoms with Gasteiger partial charge in [-0.25, -0.2) is 0 Å². The van der Waals surface area contributed by atoms with Gasteiger partial charge in [-0.3, -0.25) is 0 Å². The summed E-state index contributed by atoms with van der Waals surface area (Å²) >= 11 is 2.28. The molecule has 0 N–H and O–H groups in total. The fourth-order valence-corrected chi connectivity index (χ4v) is 4.47. The molecule has 0 aromatic rings. The van der Waals surface area contributed by atoms with Crippen LogP contribution in [0, 0.1) is 5.92 Å². The van der Waals surface area contributed by atoms with Crippen LogP contribution in [0.1, 0.15) is 90.9 Å². The maximum Gasteiger partial charge on any atom is 0.00726 e. The number of hydrogen-bond acceptors (Lipinski definition) is 1. The van der Waals surface area contributed by atoms with Crippen molar-refractivity contribution in [3.63, 3.8) is 0 Å². The average Bonchev–Trinajstić information content (AvgIpc) is 2.39. The Hall–Kier alpha value is 0.350. The lowest BCUT2D eigenvalue weighted by Crippen LogP contribution is -2.19. The quantitative estimate of drug-likeness (QED) is 0.412. The van der Waals surface area contributed by atoms with Crippen molar-refractivity contribution in [3.05, 3.63) is 0 Å². The second-order valence-electron chi connectivity index (χ2n) is 6.15. The van der Waals surface area contributed by atoms with Crippen LogP contribution < -0.4 is 0 Å². The van der Waals surface area contributed by atoms with E-state index in [9.17, 15) is 0 Å². The van der Waals surface area contributed by atoms with Crippen molar-refractivity contribution in [2.45, 2.75) is 96.1 Å². The van der Waals surface area contributed by atoms with E-state index in [0.29, 0.717) is 0 Å². The van der Waals surface area contributed by atoms with Crippen LogP contribution in [0.4, 0.5) is 0 Å². The first kappa shape index (κ1) is 16.4. The fraction of sp³-hybridized carbons (Fsp3) is 1.00. The van der Waals surface area contributed by atoms with Crippen LogP contribution in [0.2, 0.25) is 0 Å². The molecule has 0 bridgehead atoms. The highest BCUT2D eigenvalue weighted by Crippen LogP contribution is 2.33. The van der Waals surface area contributed by atoms with Crippen molar-refractivity contribution in [1.82, 2.24) is 0 Å². The van der Waals surface area contributed by atoms with E-state index in [1.807, 2.05) is 0 Å². The summed E-state index contributed by atoms with van der Waals surface area (Å²) in [6.07, 6.45) is 17.6. The topological polar surface area (TPSA) is 0 Å². The molecule has 108 valence electrons. The third-order valence-corrected chi connectivity index (χ3v) is 6.02. The first-order valence-electron chi connectivity index (χ1n) is 8.46. The summed E-state index contributed by atoms with van der Waals surface area (Å²) in [5.41, 5.74) is 0. The monoisotopic (exact) mass is 270 g/mol. The van der Waals surface area contributed by atoms with E-state index in [2.05, 4.69) is 25.6 Å². The molecule has 1 fully saturated rings. The molecule has 2 atom stereocenters. The van der Waals surface area contributed by atoms with Crippen molar-refractivity contribution in [3.8, 4) is 0 Å². The third kappa shape index (κ3) is 7.71. The van der Waals surface area contributed by atoms with Gasteiger partial charge in [0.25, 0.3) is 0 Å². The van der Waals surface area contributed by atoms with Crippen molar-refractivity contribution in [2.24, 2.45) is 5.92 Å². The third-order valence-electron chi connectivity index (χ3n) is 4.36. The van der Waals surface area contributed by atoms with Gasteiger partial charge in [0.05, 0.1) is 0 Å². The zero-order valence-corrected chi connectivity index (χ0v) is 13.6. The predicted octanol–water partition coefficient (Wildman–Crippen LogP) is 6.44. The molecule has 1 aliphatic carbocycles. The summed E-state index contributed by atoms with van der Waals surface area (Å²) in [5, 5.41) is 0.989. The summed E-state index contributed by atoms with van der Waals surface area (Å²) in [6.45, 7) is 4.76. The SMILES string of the molecule is CCCCCCCCCCSC1CCCCC1C. The highest BCUT2D eigenvalue weighted by molar-refractivity contribution is 7.99. The van der Waals surface area contributed by atoms with Crippen molar-refractivity contribution >= 4 is 11.8 Å². The van der Waals surface area contributed by atoms with Gasteiger partial charge in [-0.1, -0.05) is 71.6 Å². The van der Waals surface area contributed by atoms with Gasteiger partial charge < -0.3 is 0 Å². The standard InChI is InChI=1S/C17H34S/c1-3-4-5-6-7-8-9-12-15-18-17-14-11-10-13-16(17)2/h16-17H,3-15H2,1-2H3. The number of thioether (sulfide) groups is 1. The Morgan fingerprint density at radius 1 is 0.833 bits per heavy atom. The molecule has 1 aliphatic rings. The molecule has 0 aliphatic heterocycles. The molecule has 0 heterocycles. The Kier molecular flexibility index (Phi) is 10.2. The van der Waals surface area contributed by atoms with Crippen LogP contribution in [0.3, 0.4) is 0 Å². The van der Waals surface area contributed by atoms with E-state index in [0.717, 1.165) is 11.2 Å². The molecule has 0 amide bonds. The van der Waals surface area contributed by atoms with Gasteiger partial charge in [0, 0.05) is 5.25 Å². The molecule has 18 heavy (non-hydrogen) atoms. The minimum absolute atomic E-state index is 0.984. The molecule has 1 heteroatoms. The highest BCUT2D eigenvalue weighted by Gasteiger charge is 2.20. The second-order valence-corrected chi connectivity index (χ2v) is 7.49. The first-order chi connectivity index (χ1) is 8.84. The molecule has 1 rings (SSSR count). The Labute approximate surface area is 120 Å². The Morgan fingerprint density at radius 2 is 1.44 bits per heavy atom. The summed E-state index contributed by atoms with van der Waals surface area (Å²) in [4.78, 5) is 0. The van der Waals surface area contributed by atoms with Crippen LogP contribution >= 0.6 is 11.8 Å². The lowest BCUT2D eigenvalue weighted by atomic mass is 9.90. The van der Waals surface area contributed by atoms with Crippen LogP contribution in [-0.2, 0) is 0 Å². The van der Waals surface area contributed by atoms with Crippen LogP contribution in [-0.4, -0.2) is 11.0 Å². The molecule has 1 saturated carbocycles. The largest absolute Gasteiger partial charge is 0.158 e. The van der Waals surface area contributed by atoms with Gasteiger partial charge >= 0.3 is 0 Å². The van der Waals surface area contributed by atoms with E-state index in [-0.39, 0.29) is 0 Å². The van der Waals surface area contributed by atoms with E-state index in [1.54, 1.807) is 0 Å². The van der Waals surface area contributed by atoms with Gasteiger partial charge in [-0.2, -0.15) is 11.8 Å². The zero-order chi connectivity index (χ0) is 13.1. The first-order valence-corrected chi connectivity index (χ1v) is 9.51. The van der Waals surface area contributed by atoms with Crippen molar-refractivity contribution in [2.75, 3.05) is 5.75 Å². The predicted molar refractivity (Wildman–Crippen MR) is 86.5 cm³/mol. The lowest BCUT2D eigenvalue weighted by molar-refractivity contribution is 0.397. The molecular weight excluding hydrogens is 236 g/mol. The van der Waals surface area contributed by atoms with Gasteiger partial charge in [0.2, 0.25) is 0 Å². The van der Waals surface area contributed by atoms with Crippen LogP contribution in [0.5, 0.6) is 0 Å². The van der Waals surface area contributed by atoms with E-state index >= 15 is 0 Å². The number of rotatable bonds is 10. The molecule has 0 radical (unpaired) electrons. The molecule has 0 aromatic heterocycles. The minimum Gasteiger partial charge on any atom is -0.158 e. The molecule has 0 aromatic carbocycles. The molecule has 0 nitrogen and oxygen atoms in total. The van der Waals surface area contributed by atoms with Crippen molar-refractivity contribution < 1.29 is 0 Å². The van der Waals surface area contributed by atoms with Crippen LogP contribution in [0.25, 0.3) is 0 Å². The molecule has 2 unspecified atom stereocenters. The van der Waals surface area contributed by atoms with Gasteiger partial charge in [-0.15, -0.1) is 0 Å². The Morgan fingerprint density at radius 3 is 2.11 bits per heavy atom. The minimum atomic E-state index is 0.984. The smallest absolute Gasteiger partial charge is 0.00726 e. The zero-order valence-electron chi connectivity index (χ0n) is 12.8. The van der Waals surface area contributed by atoms with Gasteiger partial charge in [0.1, 0.15) is 0 Å². The Bertz CT molecular complexity index is 178. The normalized spacial score (nSPS) is 24.3. The summed E-state index contributed by atoms with van der Waals surface area (Å²) < 4.78 is 0. The molecular formula is C17H34S. The molecule has 0 saturated heterocycles. The summed E-state index contributed by atoms with van der Waals surface area (Å²) in [5.74, 6) is 2.40. The van der Waals surface area contributed by atoms with Gasteiger partial charge in [0.15, 0.2) is 0 Å². The second kappa shape index (κ2) is 11.2. The summed E-state index contributed by atoms with van der Waals surface area (Å²) in [6, 6.07) is 0. The maximum absolute atomic E-state index is 2.46. The number of unbranched alkanes of at least 4 members (excludes halogenated alkanes) is 7. The van der Waals surface area contributed by atoms with E-state index in [4.69, 9.17) is 0 Å². The highest BCUT2D eigenvalue weighted by atomic mass is 32.2. The summed E-state index contributed by atoms with van der Waals surface area (Å²) in [7, 11) is 0. The average molecular weight is 271 g/mol. The van der Waals surface area contributed by atoms with E-state index in [1.165, 1.54) is 82.8 Å². The molecule has 0 spiro atoms.